The number of hydrogen-bond donors (Lipinski definition) is 3. The Labute approximate surface area is 112 Å². The fourth-order valence-electron chi connectivity index (χ4n) is 2.54. The van der Waals surface area contributed by atoms with Crippen molar-refractivity contribution in [1.82, 2.24) is 9.88 Å². The summed E-state index contributed by atoms with van der Waals surface area (Å²) in [6.45, 7) is 0. The van der Waals surface area contributed by atoms with Crippen molar-refractivity contribution in [3.05, 3.63) is 36.0 Å². The van der Waals surface area contributed by atoms with Crippen LogP contribution in [0.5, 0.6) is 0 Å². The Morgan fingerprint density at radius 1 is 1.42 bits per heavy atom. The molecule has 0 saturated carbocycles. The van der Waals surface area contributed by atoms with Crippen LogP contribution in [0.3, 0.4) is 0 Å². The number of H-pyrrole nitrogens is 1. The zero-order chi connectivity index (χ0) is 14.0. The molecule has 0 saturated heterocycles. The summed E-state index contributed by atoms with van der Waals surface area (Å²) in [7, 11) is 3.82. The summed E-state index contributed by atoms with van der Waals surface area (Å²) in [6.07, 6.45) is 1.86. The van der Waals surface area contributed by atoms with E-state index in [1.165, 1.54) is 0 Å². The molecule has 5 heteroatoms. The number of nitrogens with one attached hydrogen (secondary N) is 1. The van der Waals surface area contributed by atoms with E-state index in [-0.39, 0.29) is 12.5 Å². The van der Waals surface area contributed by atoms with Crippen LogP contribution in [0.25, 0.3) is 10.9 Å². The number of nitrogens with two attached hydrogens (primary N) is 1. The standard InChI is InChI=1S/C14H19N3O2/c1-17(2)14(11(15)7-13(18)19)10-8-16-12-6-4-3-5-9(10)12/h3-6,8,11,14,16H,7,15H2,1-2H3,(H,18,19). The molecule has 0 spiro atoms. The molecule has 1 aromatic carbocycles. The van der Waals surface area contributed by atoms with Crippen LogP contribution < -0.4 is 5.73 Å². The molecule has 2 rings (SSSR count). The van der Waals surface area contributed by atoms with Crippen molar-refractivity contribution in [3.8, 4) is 0 Å². The van der Waals surface area contributed by atoms with Crippen LogP contribution in [0.4, 0.5) is 0 Å². The monoisotopic (exact) mass is 261 g/mol. The van der Waals surface area contributed by atoms with E-state index in [4.69, 9.17) is 10.8 Å². The number of carbonyl (C=O) groups is 1. The van der Waals surface area contributed by atoms with Crippen molar-refractivity contribution in [2.45, 2.75) is 18.5 Å². The quantitative estimate of drug-likeness (QED) is 0.763. The Hall–Kier alpha value is -1.85. The Bertz CT molecular complexity index is 577. The largest absolute Gasteiger partial charge is 0.481 e. The summed E-state index contributed by atoms with van der Waals surface area (Å²) in [5, 5.41) is 10.0. The number of benzene rings is 1. The van der Waals surface area contributed by atoms with E-state index in [2.05, 4.69) is 4.98 Å². The number of nitrogens with zero attached hydrogens (tertiary/aromatic N) is 1. The van der Waals surface area contributed by atoms with Gasteiger partial charge >= 0.3 is 5.97 Å². The molecular formula is C14H19N3O2. The van der Waals surface area contributed by atoms with Crippen LogP contribution in [-0.4, -0.2) is 41.1 Å². The summed E-state index contributed by atoms with van der Waals surface area (Å²) in [6, 6.07) is 7.36. The first-order valence-corrected chi connectivity index (χ1v) is 6.20. The van der Waals surface area contributed by atoms with E-state index in [0.29, 0.717) is 0 Å². The van der Waals surface area contributed by atoms with Crippen molar-refractivity contribution in [3.63, 3.8) is 0 Å². The van der Waals surface area contributed by atoms with Gasteiger partial charge < -0.3 is 20.7 Å². The lowest BCUT2D eigenvalue weighted by atomic mass is 9.96. The van der Waals surface area contributed by atoms with Crippen LogP contribution in [-0.2, 0) is 4.79 Å². The summed E-state index contributed by atoms with van der Waals surface area (Å²) in [5.41, 5.74) is 8.14. The second-order valence-corrected chi connectivity index (χ2v) is 4.96. The average molecular weight is 261 g/mol. The number of hydrogen-bond acceptors (Lipinski definition) is 3. The van der Waals surface area contributed by atoms with E-state index in [0.717, 1.165) is 16.5 Å². The van der Waals surface area contributed by atoms with Crippen molar-refractivity contribution in [2.24, 2.45) is 5.73 Å². The first-order valence-electron chi connectivity index (χ1n) is 6.20. The number of likely N-dealkylation sites (N-methyl/N-ethyl adjacent to an activating group) is 1. The number of rotatable bonds is 5. The number of aromatic nitrogens is 1. The third-order valence-corrected chi connectivity index (χ3v) is 3.31. The Morgan fingerprint density at radius 3 is 2.74 bits per heavy atom. The van der Waals surface area contributed by atoms with Gasteiger partial charge in [0.2, 0.25) is 0 Å². The maximum absolute atomic E-state index is 10.9. The molecular weight excluding hydrogens is 242 g/mol. The van der Waals surface area contributed by atoms with Crippen LogP contribution in [0.1, 0.15) is 18.0 Å². The molecule has 2 aromatic rings. The lowest BCUT2D eigenvalue weighted by Crippen LogP contribution is -2.38. The van der Waals surface area contributed by atoms with Gasteiger partial charge in [0, 0.05) is 23.1 Å². The second-order valence-electron chi connectivity index (χ2n) is 4.96. The van der Waals surface area contributed by atoms with Gasteiger partial charge in [-0.1, -0.05) is 18.2 Å². The molecule has 2 atom stereocenters. The average Bonchev–Trinajstić information content (AvgIpc) is 2.72. The molecule has 0 amide bonds. The number of aliphatic carboxylic acids is 1. The highest BCUT2D eigenvalue weighted by Crippen LogP contribution is 2.29. The molecule has 19 heavy (non-hydrogen) atoms. The summed E-state index contributed by atoms with van der Waals surface area (Å²) < 4.78 is 0. The van der Waals surface area contributed by atoms with E-state index in [9.17, 15) is 4.79 Å². The predicted octanol–water partition coefficient (Wildman–Crippen LogP) is 1.57. The topological polar surface area (TPSA) is 82.3 Å². The third kappa shape index (κ3) is 2.77. The minimum atomic E-state index is -0.876. The molecule has 2 unspecified atom stereocenters. The SMILES string of the molecule is CN(C)C(c1c[nH]c2ccccc12)C(N)CC(=O)O. The molecule has 1 aromatic heterocycles. The van der Waals surface area contributed by atoms with E-state index >= 15 is 0 Å². The van der Waals surface area contributed by atoms with Crippen molar-refractivity contribution in [2.75, 3.05) is 14.1 Å². The van der Waals surface area contributed by atoms with Gasteiger partial charge in [-0.3, -0.25) is 4.79 Å². The molecule has 0 bridgehead atoms. The lowest BCUT2D eigenvalue weighted by molar-refractivity contribution is -0.137. The van der Waals surface area contributed by atoms with Crippen molar-refractivity contribution >= 4 is 16.9 Å². The van der Waals surface area contributed by atoms with Gasteiger partial charge in [0.1, 0.15) is 0 Å². The van der Waals surface area contributed by atoms with Gasteiger partial charge in [0.05, 0.1) is 12.5 Å². The van der Waals surface area contributed by atoms with Crippen LogP contribution in [0.15, 0.2) is 30.5 Å². The Balaban J connectivity index is 2.41. The van der Waals surface area contributed by atoms with Gasteiger partial charge in [-0.2, -0.15) is 0 Å². The van der Waals surface area contributed by atoms with Crippen molar-refractivity contribution in [1.29, 1.82) is 0 Å². The van der Waals surface area contributed by atoms with Crippen molar-refractivity contribution < 1.29 is 9.90 Å². The molecule has 4 N–H and O–H groups in total. The van der Waals surface area contributed by atoms with E-state index in [1.807, 2.05) is 49.5 Å². The molecule has 0 aliphatic heterocycles. The summed E-state index contributed by atoms with van der Waals surface area (Å²) in [4.78, 5) is 16.0. The van der Waals surface area contributed by atoms with Gasteiger partial charge in [-0.05, 0) is 25.7 Å². The predicted molar refractivity (Wildman–Crippen MR) is 75.0 cm³/mol. The number of fused-ring (bicyclic) bond motifs is 1. The zero-order valence-electron chi connectivity index (χ0n) is 11.1. The van der Waals surface area contributed by atoms with Gasteiger partial charge in [-0.25, -0.2) is 0 Å². The molecule has 5 nitrogen and oxygen atoms in total. The summed E-state index contributed by atoms with van der Waals surface area (Å²) in [5.74, 6) is -0.876. The molecule has 102 valence electrons. The minimum absolute atomic E-state index is 0.0532. The fraction of sp³-hybridized carbons (Fsp3) is 0.357. The Morgan fingerprint density at radius 2 is 2.11 bits per heavy atom. The fourth-order valence-corrected chi connectivity index (χ4v) is 2.54. The number of carboxylic acid groups (broad SMARTS) is 1. The van der Waals surface area contributed by atoms with Crippen LogP contribution in [0.2, 0.25) is 0 Å². The Kier molecular flexibility index (Phi) is 3.87. The lowest BCUT2D eigenvalue weighted by Gasteiger charge is -2.29. The number of para-hydroxylation sites is 1. The van der Waals surface area contributed by atoms with E-state index < -0.39 is 12.0 Å². The van der Waals surface area contributed by atoms with Gasteiger partial charge in [0.25, 0.3) is 0 Å². The van der Waals surface area contributed by atoms with Crippen LogP contribution >= 0.6 is 0 Å². The smallest absolute Gasteiger partial charge is 0.304 e. The molecule has 0 radical (unpaired) electrons. The molecule has 0 aliphatic carbocycles. The summed E-state index contributed by atoms with van der Waals surface area (Å²) >= 11 is 0. The third-order valence-electron chi connectivity index (χ3n) is 3.31. The number of carboxylic acids is 1. The number of aromatic amines is 1. The van der Waals surface area contributed by atoms with E-state index in [1.54, 1.807) is 0 Å². The maximum Gasteiger partial charge on any atom is 0.304 e. The first-order chi connectivity index (χ1) is 9.00. The highest BCUT2D eigenvalue weighted by Gasteiger charge is 2.26. The maximum atomic E-state index is 10.9. The molecule has 0 aliphatic rings. The zero-order valence-corrected chi connectivity index (χ0v) is 11.1. The normalized spacial score (nSPS) is 14.7. The molecule has 1 heterocycles. The van der Waals surface area contributed by atoms with Gasteiger partial charge in [0.15, 0.2) is 0 Å². The van der Waals surface area contributed by atoms with Gasteiger partial charge in [-0.15, -0.1) is 0 Å². The highest BCUT2D eigenvalue weighted by molar-refractivity contribution is 5.83. The minimum Gasteiger partial charge on any atom is -0.481 e. The highest BCUT2D eigenvalue weighted by atomic mass is 16.4. The second kappa shape index (κ2) is 5.42. The molecule has 0 fully saturated rings. The van der Waals surface area contributed by atoms with Crippen LogP contribution in [0, 0.1) is 0 Å². The first kappa shape index (κ1) is 13.6.